The number of carbonyl (C=O) groups is 2. The number of hydrogen-bond acceptors (Lipinski definition) is 6. The second-order valence-corrected chi connectivity index (χ2v) is 6.17. The summed E-state index contributed by atoms with van der Waals surface area (Å²) in [6.45, 7) is 6.57. The molecule has 0 radical (unpaired) electrons. The van der Waals surface area contributed by atoms with Crippen molar-refractivity contribution in [2.75, 3.05) is 10.6 Å². The summed E-state index contributed by atoms with van der Waals surface area (Å²) >= 11 is 0. The Bertz CT molecular complexity index is 922. The fraction of sp³-hybridized carbons (Fsp3) is 0.222. The molecule has 0 heterocycles. The van der Waals surface area contributed by atoms with E-state index in [0.717, 1.165) is 0 Å². The second kappa shape index (κ2) is 7.73. The van der Waals surface area contributed by atoms with E-state index in [1.807, 2.05) is 0 Å². The average Bonchev–Trinajstić information content (AvgIpc) is 2.60. The maximum Gasteiger partial charge on any atom is 0.314 e. The van der Waals surface area contributed by atoms with E-state index in [-0.39, 0.29) is 11.4 Å². The van der Waals surface area contributed by atoms with Crippen LogP contribution in [0.25, 0.3) is 0 Å². The van der Waals surface area contributed by atoms with E-state index in [1.54, 1.807) is 27.7 Å². The van der Waals surface area contributed by atoms with E-state index in [0.29, 0.717) is 33.6 Å². The maximum atomic E-state index is 12.3. The zero-order chi connectivity index (χ0) is 20.3. The van der Waals surface area contributed by atoms with Crippen LogP contribution in [0.1, 0.15) is 22.3 Å². The fourth-order valence-electron chi connectivity index (χ4n) is 2.77. The van der Waals surface area contributed by atoms with E-state index >= 15 is 0 Å². The minimum Gasteiger partial charge on any atom is -0.317 e. The minimum absolute atomic E-state index is 0.0948. The van der Waals surface area contributed by atoms with E-state index in [9.17, 15) is 24.6 Å². The van der Waals surface area contributed by atoms with Crippen molar-refractivity contribution < 1.29 is 14.5 Å². The van der Waals surface area contributed by atoms with Gasteiger partial charge in [-0.1, -0.05) is 0 Å². The Labute approximate surface area is 154 Å². The van der Waals surface area contributed by atoms with E-state index in [4.69, 9.17) is 0 Å². The van der Waals surface area contributed by atoms with Crippen LogP contribution in [0.3, 0.4) is 0 Å². The van der Waals surface area contributed by atoms with Crippen LogP contribution in [0.15, 0.2) is 29.4 Å². The van der Waals surface area contributed by atoms with Crippen LogP contribution >= 0.6 is 0 Å². The first-order chi connectivity index (χ1) is 12.6. The van der Waals surface area contributed by atoms with Gasteiger partial charge < -0.3 is 10.6 Å². The average molecular weight is 370 g/mol. The third-order valence-electron chi connectivity index (χ3n) is 4.03. The molecule has 0 spiro atoms. The third kappa shape index (κ3) is 4.32. The number of rotatable bonds is 4. The highest BCUT2D eigenvalue weighted by atomic mass is 16.6. The molecule has 9 heteroatoms. The number of nitro benzene ring substituents is 1. The molecule has 2 aromatic carbocycles. The topological polar surface area (TPSA) is 131 Å². The molecule has 2 rings (SSSR count). The van der Waals surface area contributed by atoms with Crippen LogP contribution in [0, 0.1) is 42.7 Å². The summed E-state index contributed by atoms with van der Waals surface area (Å²) in [6.07, 6.45) is 0. The van der Waals surface area contributed by atoms with Crippen LogP contribution < -0.4 is 10.6 Å². The van der Waals surface area contributed by atoms with Gasteiger partial charge in [0.1, 0.15) is 5.69 Å². The van der Waals surface area contributed by atoms with Gasteiger partial charge in [-0.15, -0.1) is 4.91 Å². The monoisotopic (exact) mass is 370 g/mol. The molecule has 0 aliphatic rings. The highest BCUT2D eigenvalue weighted by Crippen LogP contribution is 2.28. The summed E-state index contributed by atoms with van der Waals surface area (Å²) in [5, 5.41) is 18.7. The van der Waals surface area contributed by atoms with Gasteiger partial charge >= 0.3 is 11.8 Å². The largest absolute Gasteiger partial charge is 0.317 e. The zero-order valence-electron chi connectivity index (χ0n) is 15.2. The van der Waals surface area contributed by atoms with Crippen molar-refractivity contribution >= 4 is 34.6 Å². The SMILES string of the molecule is Cc1cc(N=O)cc(C)c1NC(=O)C(=O)Nc1c(C)cc([N+](=O)[O-])cc1C. The van der Waals surface area contributed by atoms with Gasteiger partial charge in [0, 0.05) is 23.5 Å². The Morgan fingerprint density at radius 3 is 1.56 bits per heavy atom. The predicted octanol–water partition coefficient (Wildman–Crippen LogP) is 3.80. The van der Waals surface area contributed by atoms with Gasteiger partial charge in [0.15, 0.2) is 0 Å². The van der Waals surface area contributed by atoms with Crippen molar-refractivity contribution in [2.45, 2.75) is 27.7 Å². The Morgan fingerprint density at radius 1 is 0.852 bits per heavy atom. The first-order valence-corrected chi connectivity index (χ1v) is 7.96. The van der Waals surface area contributed by atoms with Crippen molar-refractivity contribution in [3.05, 3.63) is 61.5 Å². The summed E-state index contributed by atoms with van der Waals surface area (Å²) in [5.74, 6) is -1.81. The first-order valence-electron chi connectivity index (χ1n) is 7.96. The van der Waals surface area contributed by atoms with Gasteiger partial charge in [0.25, 0.3) is 5.69 Å². The molecule has 0 saturated carbocycles. The molecule has 0 saturated heterocycles. The van der Waals surface area contributed by atoms with Crippen LogP contribution in [0.4, 0.5) is 22.7 Å². The number of nitrogens with zero attached hydrogens (tertiary/aromatic N) is 2. The second-order valence-electron chi connectivity index (χ2n) is 6.17. The fourth-order valence-corrected chi connectivity index (χ4v) is 2.77. The number of nitroso groups, excluding NO2 is 1. The van der Waals surface area contributed by atoms with Gasteiger partial charge in [0.05, 0.1) is 4.92 Å². The number of nitro groups is 1. The summed E-state index contributed by atoms with van der Waals surface area (Å²) in [5.41, 5.74) is 3.01. The number of nitrogens with one attached hydrogen (secondary N) is 2. The molecule has 140 valence electrons. The van der Waals surface area contributed by atoms with E-state index in [2.05, 4.69) is 15.8 Å². The predicted molar refractivity (Wildman–Crippen MR) is 101 cm³/mol. The van der Waals surface area contributed by atoms with Gasteiger partial charge in [-0.05, 0) is 67.3 Å². The van der Waals surface area contributed by atoms with Crippen molar-refractivity contribution in [3.63, 3.8) is 0 Å². The van der Waals surface area contributed by atoms with E-state index < -0.39 is 16.7 Å². The van der Waals surface area contributed by atoms with Gasteiger partial charge in [-0.25, -0.2) is 0 Å². The highest BCUT2D eigenvalue weighted by Gasteiger charge is 2.20. The third-order valence-corrected chi connectivity index (χ3v) is 4.03. The van der Waals surface area contributed by atoms with E-state index in [1.165, 1.54) is 24.3 Å². The molecule has 27 heavy (non-hydrogen) atoms. The molecule has 2 aromatic rings. The summed E-state index contributed by atoms with van der Waals surface area (Å²) in [7, 11) is 0. The van der Waals surface area contributed by atoms with Crippen LogP contribution in [-0.2, 0) is 9.59 Å². The molecule has 0 atom stereocenters. The Morgan fingerprint density at radius 2 is 1.22 bits per heavy atom. The number of non-ortho nitro benzene ring substituents is 1. The summed E-state index contributed by atoms with van der Waals surface area (Å²) < 4.78 is 0. The Hall–Kier alpha value is -3.62. The molecular formula is C18H18N4O5. The molecule has 2 N–H and O–H groups in total. The number of benzene rings is 2. The molecule has 0 aliphatic heterocycles. The van der Waals surface area contributed by atoms with Crippen molar-refractivity contribution in [1.82, 2.24) is 0 Å². The molecular weight excluding hydrogens is 352 g/mol. The van der Waals surface area contributed by atoms with Crippen LogP contribution in [0.5, 0.6) is 0 Å². The molecule has 0 aliphatic carbocycles. The molecule has 2 amide bonds. The Kier molecular flexibility index (Phi) is 5.64. The van der Waals surface area contributed by atoms with Crippen LogP contribution in [0.2, 0.25) is 0 Å². The molecule has 9 nitrogen and oxygen atoms in total. The molecule has 0 bridgehead atoms. The number of carbonyl (C=O) groups excluding carboxylic acids is 2. The number of amides is 2. The van der Waals surface area contributed by atoms with Crippen molar-refractivity contribution in [3.8, 4) is 0 Å². The van der Waals surface area contributed by atoms with Crippen LogP contribution in [-0.4, -0.2) is 16.7 Å². The number of anilines is 2. The van der Waals surface area contributed by atoms with Gasteiger partial charge in [-0.2, -0.15) is 0 Å². The lowest BCUT2D eigenvalue weighted by Gasteiger charge is -2.14. The summed E-state index contributed by atoms with van der Waals surface area (Å²) in [6, 6.07) is 5.64. The zero-order valence-corrected chi connectivity index (χ0v) is 15.2. The molecule has 0 aromatic heterocycles. The molecule has 0 unspecified atom stereocenters. The van der Waals surface area contributed by atoms with Crippen molar-refractivity contribution in [1.29, 1.82) is 0 Å². The number of hydrogen-bond donors (Lipinski definition) is 2. The first kappa shape index (κ1) is 19.7. The number of aryl methyl sites for hydroxylation is 4. The normalized spacial score (nSPS) is 10.2. The smallest absolute Gasteiger partial charge is 0.314 e. The van der Waals surface area contributed by atoms with Gasteiger partial charge in [-0.3, -0.25) is 19.7 Å². The highest BCUT2D eigenvalue weighted by molar-refractivity contribution is 6.44. The quantitative estimate of drug-likeness (QED) is 0.366. The minimum atomic E-state index is -0.911. The summed E-state index contributed by atoms with van der Waals surface area (Å²) in [4.78, 5) is 45.5. The molecule has 0 fully saturated rings. The lowest BCUT2D eigenvalue weighted by atomic mass is 10.1. The lowest BCUT2D eigenvalue weighted by Crippen LogP contribution is -2.30. The van der Waals surface area contributed by atoms with Gasteiger partial charge in [0.2, 0.25) is 0 Å². The maximum absolute atomic E-state index is 12.3. The van der Waals surface area contributed by atoms with Crippen molar-refractivity contribution in [2.24, 2.45) is 5.18 Å². The Balaban J connectivity index is 2.21. The standard InChI is InChI=1S/C18H18N4O5/c1-9-5-13(21-25)6-10(2)15(9)19-17(23)18(24)20-16-11(3)7-14(22(26)27)8-12(16)4/h5-8H,1-4H3,(H,19,23)(H,20,24). The lowest BCUT2D eigenvalue weighted by molar-refractivity contribution is -0.384.